The van der Waals surface area contributed by atoms with Crippen molar-refractivity contribution in [3.63, 3.8) is 0 Å². The van der Waals surface area contributed by atoms with E-state index in [1.807, 2.05) is 22.7 Å². The van der Waals surface area contributed by atoms with Gasteiger partial charge in [-0.3, -0.25) is 0 Å². The number of fused-ring (bicyclic) bond motifs is 1. The highest BCUT2D eigenvalue weighted by atomic mass is 32.1. The third-order valence-corrected chi connectivity index (χ3v) is 3.97. The van der Waals surface area contributed by atoms with E-state index in [1.165, 1.54) is 14.3 Å². The molecule has 0 bridgehead atoms. The SMILES string of the molecule is CC(C)NCc1cc2sccc2s1. The summed E-state index contributed by atoms with van der Waals surface area (Å²) < 4.78 is 2.84. The van der Waals surface area contributed by atoms with E-state index in [2.05, 4.69) is 36.7 Å². The molecule has 0 spiro atoms. The standard InChI is InChI=1S/C10H13NS2/c1-7(2)11-6-8-5-10-9(13-8)3-4-12-10/h3-5,7,11H,6H2,1-2H3. The van der Waals surface area contributed by atoms with Crippen LogP contribution in [0, 0.1) is 0 Å². The second kappa shape index (κ2) is 3.78. The van der Waals surface area contributed by atoms with Gasteiger partial charge < -0.3 is 5.32 Å². The van der Waals surface area contributed by atoms with Gasteiger partial charge in [-0.15, -0.1) is 22.7 Å². The van der Waals surface area contributed by atoms with Crippen LogP contribution in [0.2, 0.25) is 0 Å². The third-order valence-electron chi connectivity index (χ3n) is 1.87. The van der Waals surface area contributed by atoms with Crippen molar-refractivity contribution in [3.05, 3.63) is 22.4 Å². The molecule has 70 valence electrons. The van der Waals surface area contributed by atoms with Gasteiger partial charge in [-0.2, -0.15) is 0 Å². The van der Waals surface area contributed by atoms with Crippen LogP contribution in [0.15, 0.2) is 17.5 Å². The molecule has 13 heavy (non-hydrogen) atoms. The topological polar surface area (TPSA) is 12.0 Å². The Morgan fingerprint density at radius 3 is 2.92 bits per heavy atom. The zero-order valence-electron chi connectivity index (χ0n) is 7.83. The molecule has 2 rings (SSSR count). The minimum absolute atomic E-state index is 0.570. The van der Waals surface area contributed by atoms with Crippen LogP contribution in [0.5, 0.6) is 0 Å². The number of thiophene rings is 2. The van der Waals surface area contributed by atoms with E-state index < -0.39 is 0 Å². The summed E-state index contributed by atoms with van der Waals surface area (Å²) in [4.78, 5) is 1.44. The minimum Gasteiger partial charge on any atom is -0.310 e. The molecular formula is C10H13NS2. The molecule has 0 saturated carbocycles. The smallest absolute Gasteiger partial charge is 0.0453 e. The second-order valence-corrected chi connectivity index (χ2v) is 5.51. The van der Waals surface area contributed by atoms with Gasteiger partial charge in [-0.05, 0) is 17.5 Å². The maximum atomic E-state index is 3.43. The Balaban J connectivity index is 2.11. The lowest BCUT2D eigenvalue weighted by atomic mass is 10.3. The van der Waals surface area contributed by atoms with Crippen LogP contribution < -0.4 is 5.32 Å². The lowest BCUT2D eigenvalue weighted by Gasteiger charge is -2.04. The quantitative estimate of drug-likeness (QED) is 0.820. The maximum absolute atomic E-state index is 3.43. The number of hydrogen-bond acceptors (Lipinski definition) is 3. The fraction of sp³-hybridized carbons (Fsp3) is 0.400. The molecule has 0 aromatic carbocycles. The maximum Gasteiger partial charge on any atom is 0.0453 e. The van der Waals surface area contributed by atoms with Crippen LogP contribution in [0.4, 0.5) is 0 Å². The molecule has 0 aliphatic heterocycles. The van der Waals surface area contributed by atoms with Crippen LogP contribution in [0.1, 0.15) is 18.7 Å². The summed E-state index contributed by atoms with van der Waals surface area (Å²) in [5.41, 5.74) is 0. The van der Waals surface area contributed by atoms with Crippen molar-refractivity contribution in [1.82, 2.24) is 5.32 Å². The first kappa shape index (κ1) is 9.19. The predicted octanol–water partition coefficient (Wildman–Crippen LogP) is 3.46. The van der Waals surface area contributed by atoms with Crippen molar-refractivity contribution < 1.29 is 0 Å². The van der Waals surface area contributed by atoms with Crippen LogP contribution in [-0.4, -0.2) is 6.04 Å². The fourth-order valence-electron chi connectivity index (χ4n) is 1.21. The lowest BCUT2D eigenvalue weighted by Crippen LogP contribution is -2.21. The van der Waals surface area contributed by atoms with Crippen molar-refractivity contribution >= 4 is 32.1 Å². The van der Waals surface area contributed by atoms with Gasteiger partial charge in [-0.25, -0.2) is 0 Å². The van der Waals surface area contributed by atoms with E-state index in [1.54, 1.807) is 0 Å². The molecule has 0 unspecified atom stereocenters. The number of hydrogen-bond donors (Lipinski definition) is 1. The molecule has 0 radical (unpaired) electrons. The van der Waals surface area contributed by atoms with Crippen molar-refractivity contribution in [3.8, 4) is 0 Å². The van der Waals surface area contributed by atoms with Gasteiger partial charge >= 0.3 is 0 Å². The monoisotopic (exact) mass is 211 g/mol. The van der Waals surface area contributed by atoms with E-state index in [9.17, 15) is 0 Å². The fourth-order valence-corrected chi connectivity index (χ4v) is 3.29. The number of nitrogens with one attached hydrogen (secondary N) is 1. The van der Waals surface area contributed by atoms with Gasteiger partial charge in [0.05, 0.1) is 0 Å². The molecule has 0 fully saturated rings. The largest absolute Gasteiger partial charge is 0.310 e. The van der Waals surface area contributed by atoms with Crippen molar-refractivity contribution in [2.45, 2.75) is 26.4 Å². The predicted molar refractivity (Wildman–Crippen MR) is 61.7 cm³/mol. The first-order chi connectivity index (χ1) is 6.25. The molecule has 1 nitrogen and oxygen atoms in total. The van der Waals surface area contributed by atoms with E-state index in [-0.39, 0.29) is 0 Å². The van der Waals surface area contributed by atoms with E-state index in [0.717, 1.165) is 6.54 Å². The van der Waals surface area contributed by atoms with Crippen LogP contribution in [-0.2, 0) is 6.54 Å². The molecule has 3 heteroatoms. The van der Waals surface area contributed by atoms with Gasteiger partial charge in [0, 0.05) is 26.9 Å². The first-order valence-electron chi connectivity index (χ1n) is 4.45. The van der Waals surface area contributed by atoms with E-state index >= 15 is 0 Å². The Bertz CT molecular complexity index is 358. The Hall–Kier alpha value is -0.380. The molecule has 2 heterocycles. The average molecular weight is 211 g/mol. The molecule has 1 N–H and O–H groups in total. The highest BCUT2D eigenvalue weighted by Gasteiger charge is 2.02. The van der Waals surface area contributed by atoms with E-state index in [4.69, 9.17) is 0 Å². The summed E-state index contributed by atoms with van der Waals surface area (Å²) in [6.07, 6.45) is 0. The highest BCUT2D eigenvalue weighted by Crippen LogP contribution is 2.29. The second-order valence-electron chi connectivity index (χ2n) is 3.40. The zero-order chi connectivity index (χ0) is 9.26. The molecule has 2 aromatic rings. The van der Waals surface area contributed by atoms with Crippen LogP contribution >= 0.6 is 22.7 Å². The van der Waals surface area contributed by atoms with Crippen LogP contribution in [0.3, 0.4) is 0 Å². The zero-order valence-corrected chi connectivity index (χ0v) is 9.47. The summed E-state index contributed by atoms with van der Waals surface area (Å²) in [7, 11) is 0. The van der Waals surface area contributed by atoms with Crippen molar-refractivity contribution in [2.24, 2.45) is 0 Å². The third kappa shape index (κ3) is 2.10. The summed E-state index contributed by atoms with van der Waals surface area (Å²) in [5, 5.41) is 5.58. The lowest BCUT2D eigenvalue weighted by molar-refractivity contribution is 0.593. The van der Waals surface area contributed by atoms with Crippen LogP contribution in [0.25, 0.3) is 9.40 Å². The minimum atomic E-state index is 0.570. The van der Waals surface area contributed by atoms with Gasteiger partial charge in [0.25, 0.3) is 0 Å². The summed E-state index contributed by atoms with van der Waals surface area (Å²) >= 11 is 3.72. The summed E-state index contributed by atoms with van der Waals surface area (Å²) in [6, 6.07) is 5.06. The van der Waals surface area contributed by atoms with Gasteiger partial charge in [0.1, 0.15) is 0 Å². The molecule has 0 aliphatic rings. The van der Waals surface area contributed by atoms with Gasteiger partial charge in [0.2, 0.25) is 0 Å². The van der Waals surface area contributed by atoms with E-state index in [0.29, 0.717) is 6.04 Å². The highest BCUT2D eigenvalue weighted by molar-refractivity contribution is 7.26. The molecule has 0 saturated heterocycles. The average Bonchev–Trinajstić information content (AvgIpc) is 2.58. The normalized spacial score (nSPS) is 11.6. The first-order valence-corrected chi connectivity index (χ1v) is 6.14. The summed E-state index contributed by atoms with van der Waals surface area (Å²) in [5.74, 6) is 0. The molecule has 2 aromatic heterocycles. The Morgan fingerprint density at radius 2 is 2.23 bits per heavy atom. The summed E-state index contributed by atoms with van der Waals surface area (Å²) in [6.45, 7) is 5.36. The molecule has 0 atom stereocenters. The Morgan fingerprint density at radius 1 is 1.38 bits per heavy atom. The van der Waals surface area contributed by atoms with Crippen molar-refractivity contribution in [1.29, 1.82) is 0 Å². The van der Waals surface area contributed by atoms with Crippen molar-refractivity contribution in [2.75, 3.05) is 0 Å². The molecule has 0 amide bonds. The molecular weight excluding hydrogens is 198 g/mol. The Kier molecular flexibility index (Phi) is 2.67. The van der Waals surface area contributed by atoms with Gasteiger partial charge in [-0.1, -0.05) is 13.8 Å². The molecule has 0 aliphatic carbocycles. The number of rotatable bonds is 3. The van der Waals surface area contributed by atoms with Gasteiger partial charge in [0.15, 0.2) is 0 Å². The Labute approximate surface area is 86.4 Å².